The summed E-state index contributed by atoms with van der Waals surface area (Å²) >= 11 is 7.34. The van der Waals surface area contributed by atoms with Gasteiger partial charge in [0.25, 0.3) is 5.91 Å². The number of hydrogen-bond donors (Lipinski definition) is 1. The highest BCUT2D eigenvalue weighted by Crippen LogP contribution is 2.29. The molecule has 0 aliphatic carbocycles. The number of halogens is 1. The molecule has 1 saturated heterocycles. The number of carbonyl (C=O) groups is 2. The zero-order valence-corrected chi connectivity index (χ0v) is 16.3. The zero-order chi connectivity index (χ0) is 18.8. The largest absolute Gasteiger partial charge is 0.368 e. The van der Waals surface area contributed by atoms with Gasteiger partial charge in [0.2, 0.25) is 5.91 Å². The molecule has 2 amide bonds. The summed E-state index contributed by atoms with van der Waals surface area (Å²) in [6.45, 7) is 1.81. The Hall–Kier alpha value is -1.96. The molecule has 1 fully saturated rings. The molecule has 0 saturated carbocycles. The third-order valence-electron chi connectivity index (χ3n) is 4.80. The molecule has 4 rings (SSSR count). The number of amides is 2. The van der Waals surface area contributed by atoms with Crippen molar-refractivity contribution >= 4 is 39.9 Å². The minimum Gasteiger partial charge on any atom is -0.368 e. The van der Waals surface area contributed by atoms with E-state index in [1.165, 1.54) is 11.3 Å². The van der Waals surface area contributed by atoms with Crippen molar-refractivity contribution in [3.05, 3.63) is 45.4 Å². The summed E-state index contributed by atoms with van der Waals surface area (Å²) in [7, 11) is 0. The minimum absolute atomic E-state index is 0.0845. The molecule has 8 heteroatoms. The molecule has 1 atom stereocenters. The molecular formula is C19H20ClN3O3S. The van der Waals surface area contributed by atoms with Crippen LogP contribution in [0, 0.1) is 0 Å². The van der Waals surface area contributed by atoms with Crippen LogP contribution in [-0.4, -0.2) is 41.0 Å². The number of hydrogen-bond acceptors (Lipinski definition) is 5. The number of fused-ring (bicyclic) bond motifs is 1. The lowest BCUT2D eigenvalue weighted by molar-refractivity contribution is -0.131. The number of anilines is 1. The van der Waals surface area contributed by atoms with E-state index in [1.54, 1.807) is 12.1 Å². The summed E-state index contributed by atoms with van der Waals surface area (Å²) in [4.78, 5) is 32.2. The van der Waals surface area contributed by atoms with Gasteiger partial charge in [-0.1, -0.05) is 35.1 Å². The third-order valence-corrected chi connectivity index (χ3v) is 6.05. The first kappa shape index (κ1) is 18.4. The van der Waals surface area contributed by atoms with Gasteiger partial charge in [-0.05, 0) is 30.5 Å². The van der Waals surface area contributed by atoms with Gasteiger partial charge in [-0.15, -0.1) is 0 Å². The summed E-state index contributed by atoms with van der Waals surface area (Å²) in [5.41, 5.74) is 1.92. The van der Waals surface area contributed by atoms with Gasteiger partial charge in [-0.2, -0.15) is 0 Å². The molecule has 1 N–H and O–H groups in total. The van der Waals surface area contributed by atoms with Crippen molar-refractivity contribution in [3.63, 3.8) is 0 Å². The monoisotopic (exact) mass is 405 g/mol. The first-order valence-corrected chi connectivity index (χ1v) is 10.2. The van der Waals surface area contributed by atoms with E-state index >= 15 is 0 Å². The second-order valence-electron chi connectivity index (χ2n) is 6.75. The van der Waals surface area contributed by atoms with Crippen LogP contribution in [0.1, 0.15) is 29.0 Å². The Kier molecular flexibility index (Phi) is 5.43. The Morgan fingerprint density at radius 3 is 2.89 bits per heavy atom. The van der Waals surface area contributed by atoms with Crippen LogP contribution in [0.15, 0.2) is 24.3 Å². The fourth-order valence-electron chi connectivity index (χ4n) is 3.32. The molecule has 142 valence electrons. The van der Waals surface area contributed by atoms with Crippen LogP contribution in [0.2, 0.25) is 5.02 Å². The molecule has 6 nitrogen and oxygen atoms in total. The first-order chi connectivity index (χ1) is 13.1. The molecule has 1 aromatic carbocycles. The molecule has 1 unspecified atom stereocenters. The Balaban J connectivity index is 1.37. The number of nitrogens with zero attached hydrogens (tertiary/aromatic N) is 2. The number of benzene rings is 1. The second kappa shape index (κ2) is 7.96. The molecule has 2 aromatic rings. The van der Waals surface area contributed by atoms with E-state index in [0.717, 1.165) is 29.0 Å². The topological polar surface area (TPSA) is 71.5 Å². The number of rotatable bonds is 4. The van der Waals surface area contributed by atoms with Crippen molar-refractivity contribution in [1.29, 1.82) is 0 Å². The zero-order valence-electron chi connectivity index (χ0n) is 14.7. The smallest absolute Gasteiger partial charge is 0.255 e. The first-order valence-electron chi connectivity index (χ1n) is 9.02. The van der Waals surface area contributed by atoms with Gasteiger partial charge in [0.1, 0.15) is 6.10 Å². The highest BCUT2D eigenvalue weighted by molar-refractivity contribution is 7.15. The standard InChI is InChI=1S/C19H20ClN3O3S/c20-13-5-3-12(4-6-13)10-17(24)23-8-7-14-16(11-23)27-19(21-14)22-18(25)15-2-1-9-26-15/h3-6,15H,1-2,7-11H2,(H,21,22,25). The SMILES string of the molecule is O=C(Nc1nc2c(s1)CN(C(=O)Cc1ccc(Cl)cc1)CC2)C1CCCO1. The highest BCUT2D eigenvalue weighted by atomic mass is 35.5. The number of nitrogens with one attached hydrogen (secondary N) is 1. The van der Waals surface area contributed by atoms with Gasteiger partial charge in [0.15, 0.2) is 5.13 Å². The number of carbonyl (C=O) groups excluding carboxylic acids is 2. The van der Waals surface area contributed by atoms with Crippen molar-refractivity contribution in [2.45, 2.75) is 38.3 Å². The van der Waals surface area contributed by atoms with E-state index in [0.29, 0.717) is 42.7 Å². The molecule has 3 heterocycles. The Morgan fingerprint density at radius 2 is 2.15 bits per heavy atom. The van der Waals surface area contributed by atoms with Gasteiger partial charge in [0.05, 0.1) is 18.7 Å². The van der Waals surface area contributed by atoms with Crippen LogP contribution in [0.4, 0.5) is 5.13 Å². The summed E-state index contributed by atoms with van der Waals surface area (Å²) in [5, 5.41) is 4.11. The average Bonchev–Trinajstić information content (AvgIpc) is 3.32. The quantitative estimate of drug-likeness (QED) is 0.848. The van der Waals surface area contributed by atoms with E-state index in [4.69, 9.17) is 16.3 Å². The van der Waals surface area contributed by atoms with E-state index < -0.39 is 0 Å². The predicted octanol–water partition coefficient (Wildman–Crippen LogP) is 3.04. The maximum Gasteiger partial charge on any atom is 0.255 e. The van der Waals surface area contributed by atoms with E-state index in [2.05, 4.69) is 10.3 Å². The van der Waals surface area contributed by atoms with Gasteiger partial charge in [-0.3, -0.25) is 14.9 Å². The van der Waals surface area contributed by atoms with Crippen LogP contribution >= 0.6 is 22.9 Å². The molecule has 2 aliphatic heterocycles. The predicted molar refractivity (Wildman–Crippen MR) is 104 cm³/mol. The lowest BCUT2D eigenvalue weighted by atomic mass is 10.1. The van der Waals surface area contributed by atoms with Crippen molar-refractivity contribution in [2.24, 2.45) is 0 Å². The van der Waals surface area contributed by atoms with Gasteiger partial charge in [-0.25, -0.2) is 4.98 Å². The van der Waals surface area contributed by atoms with Gasteiger partial charge in [0, 0.05) is 29.5 Å². The summed E-state index contributed by atoms with van der Waals surface area (Å²) in [5.74, 6) is -0.0458. The Morgan fingerprint density at radius 1 is 1.33 bits per heavy atom. The van der Waals surface area contributed by atoms with Crippen molar-refractivity contribution < 1.29 is 14.3 Å². The third kappa shape index (κ3) is 4.31. The molecule has 0 spiro atoms. The van der Waals surface area contributed by atoms with Crippen LogP contribution < -0.4 is 5.32 Å². The highest BCUT2D eigenvalue weighted by Gasteiger charge is 2.27. The number of aromatic nitrogens is 1. The summed E-state index contributed by atoms with van der Waals surface area (Å²) in [6.07, 6.45) is 2.35. The summed E-state index contributed by atoms with van der Waals surface area (Å²) in [6, 6.07) is 7.34. The van der Waals surface area contributed by atoms with Crippen molar-refractivity contribution in [2.75, 3.05) is 18.5 Å². The van der Waals surface area contributed by atoms with Gasteiger partial charge < -0.3 is 9.64 Å². The van der Waals surface area contributed by atoms with Crippen LogP contribution in [0.3, 0.4) is 0 Å². The maximum absolute atomic E-state index is 12.6. The minimum atomic E-state index is -0.372. The van der Waals surface area contributed by atoms with Crippen LogP contribution in [0.25, 0.3) is 0 Å². The number of thiazole rings is 1. The Labute approximate surface area is 166 Å². The van der Waals surface area contributed by atoms with Crippen molar-refractivity contribution in [1.82, 2.24) is 9.88 Å². The average molecular weight is 406 g/mol. The lowest BCUT2D eigenvalue weighted by Crippen LogP contribution is -2.36. The normalized spacial score (nSPS) is 19.0. The molecule has 0 radical (unpaired) electrons. The number of ether oxygens (including phenoxy) is 1. The van der Waals surface area contributed by atoms with E-state index in [1.807, 2.05) is 17.0 Å². The lowest BCUT2D eigenvalue weighted by Gasteiger charge is -2.26. The molecule has 0 bridgehead atoms. The molecule has 27 heavy (non-hydrogen) atoms. The molecule has 1 aromatic heterocycles. The maximum atomic E-state index is 12.6. The Bertz CT molecular complexity index is 846. The fraction of sp³-hybridized carbons (Fsp3) is 0.421. The second-order valence-corrected chi connectivity index (χ2v) is 8.27. The molecular weight excluding hydrogens is 386 g/mol. The van der Waals surface area contributed by atoms with E-state index in [9.17, 15) is 9.59 Å². The summed E-state index contributed by atoms with van der Waals surface area (Å²) < 4.78 is 5.41. The molecule has 2 aliphatic rings. The van der Waals surface area contributed by atoms with Crippen LogP contribution in [0.5, 0.6) is 0 Å². The van der Waals surface area contributed by atoms with Crippen molar-refractivity contribution in [3.8, 4) is 0 Å². The fourth-order valence-corrected chi connectivity index (χ4v) is 4.47. The van der Waals surface area contributed by atoms with Crippen LogP contribution in [-0.2, 0) is 33.7 Å². The van der Waals surface area contributed by atoms with Gasteiger partial charge >= 0.3 is 0 Å². The van der Waals surface area contributed by atoms with E-state index in [-0.39, 0.29) is 17.9 Å².